The minimum atomic E-state index is -4.34. The van der Waals surface area contributed by atoms with Crippen molar-refractivity contribution in [1.82, 2.24) is 5.32 Å². The Morgan fingerprint density at radius 2 is 0.706 bits per heavy atom. The van der Waals surface area contributed by atoms with Crippen molar-refractivity contribution in [3.05, 3.63) is 85.1 Å². The van der Waals surface area contributed by atoms with Gasteiger partial charge in [-0.3, -0.25) is 13.8 Å². The Kier molecular flexibility index (Phi) is 64.3. The van der Waals surface area contributed by atoms with Crippen molar-refractivity contribution in [2.45, 2.75) is 353 Å². The Labute approximate surface area is 528 Å². The molecule has 0 aromatic rings. The van der Waals surface area contributed by atoms with Crippen LogP contribution in [0.3, 0.4) is 0 Å². The average molecular weight is 1210 g/mol. The normalized spacial score (nSPS) is 14.1. The van der Waals surface area contributed by atoms with Gasteiger partial charge < -0.3 is 19.8 Å². The zero-order valence-corrected chi connectivity index (χ0v) is 57.7. The van der Waals surface area contributed by atoms with Gasteiger partial charge in [0.15, 0.2) is 0 Å². The number of phosphoric ester groups is 1. The van der Waals surface area contributed by atoms with E-state index in [9.17, 15) is 19.4 Å². The van der Waals surface area contributed by atoms with E-state index in [4.69, 9.17) is 9.05 Å². The Bertz CT molecular complexity index is 1660. The molecule has 1 amide bonds. The van der Waals surface area contributed by atoms with Crippen LogP contribution in [0.5, 0.6) is 0 Å². The molecule has 496 valence electrons. The first kappa shape index (κ1) is 82.7. The summed E-state index contributed by atoms with van der Waals surface area (Å²) in [5.74, 6) is -0.143. The maximum atomic E-state index is 13.1. The first-order valence-electron chi connectivity index (χ1n) is 36.5. The van der Waals surface area contributed by atoms with E-state index in [0.29, 0.717) is 23.9 Å². The Hall–Kier alpha value is -2.32. The number of aliphatic hydroxyl groups is 1. The van der Waals surface area contributed by atoms with Gasteiger partial charge in [0.25, 0.3) is 0 Å². The number of likely N-dealkylation sites (N-methyl/N-ethyl adjacent to an activating group) is 1. The predicted molar refractivity (Wildman–Crippen MR) is 373 cm³/mol. The van der Waals surface area contributed by atoms with Gasteiger partial charge in [-0.05, 0) is 70.6 Å². The van der Waals surface area contributed by atoms with E-state index in [1.54, 1.807) is 0 Å². The molecule has 0 fully saturated rings. The summed E-state index contributed by atoms with van der Waals surface area (Å²) in [5, 5.41) is 14.2. The van der Waals surface area contributed by atoms with Crippen LogP contribution < -0.4 is 5.32 Å². The van der Waals surface area contributed by atoms with Crippen LogP contribution in [0, 0.1) is 0 Å². The monoisotopic (exact) mass is 1210 g/mol. The van der Waals surface area contributed by atoms with Gasteiger partial charge in [-0.25, -0.2) is 4.57 Å². The molecule has 0 bridgehead atoms. The van der Waals surface area contributed by atoms with Crippen molar-refractivity contribution in [3.63, 3.8) is 0 Å². The third-order valence-electron chi connectivity index (χ3n) is 16.4. The van der Waals surface area contributed by atoms with Crippen LogP contribution in [0.25, 0.3) is 0 Å². The van der Waals surface area contributed by atoms with E-state index in [2.05, 4.69) is 104 Å². The van der Waals surface area contributed by atoms with Gasteiger partial charge in [-0.1, -0.05) is 349 Å². The minimum absolute atomic E-state index is 0.0727. The first-order valence-corrected chi connectivity index (χ1v) is 37.9. The molecule has 0 rings (SSSR count). The van der Waals surface area contributed by atoms with Crippen LogP contribution in [0.4, 0.5) is 0 Å². The lowest BCUT2D eigenvalue weighted by atomic mass is 10.0. The van der Waals surface area contributed by atoms with E-state index in [1.165, 1.54) is 231 Å². The molecule has 0 aromatic heterocycles. The molecule has 85 heavy (non-hydrogen) atoms. The maximum absolute atomic E-state index is 13.1. The fourth-order valence-corrected chi connectivity index (χ4v) is 11.5. The number of quaternary nitrogens is 1. The van der Waals surface area contributed by atoms with Gasteiger partial charge in [-0.15, -0.1) is 0 Å². The highest BCUT2D eigenvalue weighted by Crippen LogP contribution is 2.43. The van der Waals surface area contributed by atoms with Gasteiger partial charge in [0, 0.05) is 6.42 Å². The molecular formula is C76H142N2O6P+. The quantitative estimate of drug-likeness (QED) is 0.0243. The van der Waals surface area contributed by atoms with Crippen LogP contribution in [0.2, 0.25) is 0 Å². The summed E-state index contributed by atoms with van der Waals surface area (Å²) in [7, 11) is 1.62. The molecule has 0 spiro atoms. The molecule has 9 heteroatoms. The van der Waals surface area contributed by atoms with E-state index < -0.39 is 20.0 Å². The number of phosphoric acid groups is 1. The Morgan fingerprint density at radius 3 is 1.04 bits per heavy atom. The summed E-state index contributed by atoms with van der Waals surface area (Å²) < 4.78 is 23.9. The second kappa shape index (κ2) is 66.1. The van der Waals surface area contributed by atoms with E-state index in [1.807, 2.05) is 21.1 Å². The largest absolute Gasteiger partial charge is 0.472 e. The highest BCUT2D eigenvalue weighted by Gasteiger charge is 2.28. The zero-order chi connectivity index (χ0) is 61.9. The number of nitrogens with one attached hydrogen (secondary N) is 1. The third kappa shape index (κ3) is 69.0. The molecular weight excluding hydrogens is 1070 g/mol. The lowest BCUT2D eigenvalue weighted by Gasteiger charge is -2.26. The van der Waals surface area contributed by atoms with Gasteiger partial charge in [0.05, 0.1) is 39.9 Å². The fourth-order valence-electron chi connectivity index (χ4n) is 10.8. The van der Waals surface area contributed by atoms with Crippen molar-refractivity contribution in [1.29, 1.82) is 0 Å². The number of allylic oxidation sites excluding steroid dienone is 14. The topological polar surface area (TPSA) is 105 Å². The standard InChI is InChI=1S/C76H141N2O6P/c1-6-8-10-12-14-16-18-20-22-24-26-28-30-32-34-36-37-38-39-40-41-42-44-46-48-50-52-54-56-58-60-62-64-66-68-70-76(80)77-74(73-84-85(81,82)83-72-71-78(3,4)5)75(79)69-67-65-63-61-59-57-55-53-51-49-47-45-43-35-33-31-29-27-25-23-21-19-17-15-13-11-9-7-2/h8,10,14,16,20,22,26,28,32,34,37-38,40-41,74-75,79H,6-7,9,11-13,15,17-19,21,23-25,27,29-31,33,35-36,39,42-73H2,1-5H3,(H-,77,80,81,82)/p+1/b10-8-,16-14-,22-20-,28-26-,34-32-,38-37-,41-40-. The van der Waals surface area contributed by atoms with E-state index >= 15 is 0 Å². The predicted octanol–water partition coefficient (Wildman–Crippen LogP) is 23.5. The van der Waals surface area contributed by atoms with Crippen LogP contribution in [0.1, 0.15) is 341 Å². The van der Waals surface area contributed by atoms with Crippen molar-refractivity contribution >= 4 is 13.7 Å². The minimum Gasteiger partial charge on any atom is -0.391 e. The molecule has 0 radical (unpaired) electrons. The number of carbonyl (C=O) groups is 1. The third-order valence-corrected chi connectivity index (χ3v) is 17.4. The molecule has 8 nitrogen and oxygen atoms in total. The number of unbranched alkanes of at least 4 members (excludes halogenated alkanes) is 40. The number of aliphatic hydroxyl groups excluding tert-OH is 1. The summed E-state index contributed by atoms with van der Waals surface area (Å²) in [6.07, 6.45) is 94.0. The van der Waals surface area contributed by atoms with Gasteiger partial charge in [0.2, 0.25) is 5.91 Å². The number of hydrogen-bond acceptors (Lipinski definition) is 5. The summed E-state index contributed by atoms with van der Waals surface area (Å²) in [6, 6.07) is -0.767. The molecule has 0 aliphatic heterocycles. The second-order valence-corrected chi connectivity index (χ2v) is 27.4. The lowest BCUT2D eigenvalue weighted by Crippen LogP contribution is -2.46. The highest BCUT2D eigenvalue weighted by atomic mass is 31.2. The molecule has 0 heterocycles. The maximum Gasteiger partial charge on any atom is 0.472 e. The molecule has 0 aliphatic rings. The Morgan fingerprint density at radius 1 is 0.412 bits per heavy atom. The van der Waals surface area contributed by atoms with Gasteiger partial charge >= 0.3 is 7.82 Å². The molecule has 0 aliphatic carbocycles. The summed E-state index contributed by atoms with van der Waals surface area (Å²) in [4.78, 5) is 23.5. The second-order valence-electron chi connectivity index (χ2n) is 25.9. The van der Waals surface area contributed by atoms with Crippen molar-refractivity contribution in [3.8, 4) is 0 Å². The Balaban J connectivity index is 4.03. The molecule has 3 atom stereocenters. The van der Waals surface area contributed by atoms with Crippen LogP contribution >= 0.6 is 7.82 Å². The molecule has 0 aromatic carbocycles. The number of nitrogens with zero attached hydrogens (tertiary/aromatic N) is 1. The van der Waals surface area contributed by atoms with E-state index in [-0.39, 0.29) is 19.1 Å². The number of rotatable bonds is 67. The van der Waals surface area contributed by atoms with Crippen molar-refractivity contribution < 1.29 is 32.9 Å². The summed E-state index contributed by atoms with van der Waals surface area (Å²) in [5.41, 5.74) is 0. The average Bonchev–Trinajstić information content (AvgIpc) is 3.48. The number of amides is 1. The molecule has 3 N–H and O–H groups in total. The number of hydrogen-bond donors (Lipinski definition) is 3. The van der Waals surface area contributed by atoms with Crippen LogP contribution in [-0.4, -0.2) is 73.4 Å². The van der Waals surface area contributed by atoms with Gasteiger partial charge in [-0.2, -0.15) is 0 Å². The molecule has 3 unspecified atom stereocenters. The fraction of sp³-hybridized carbons (Fsp3) is 0.803. The molecule has 0 saturated carbocycles. The summed E-state index contributed by atoms with van der Waals surface area (Å²) >= 11 is 0. The highest BCUT2D eigenvalue weighted by molar-refractivity contribution is 7.47. The zero-order valence-electron chi connectivity index (χ0n) is 56.8. The SMILES string of the molecule is CC/C=C\C/C=C\C/C=C\C/C=C\C/C=C\C/C=C\C/C=C\CCCCCCCCCCCCCCCC(=O)NC(COP(=O)(O)OCC[N+](C)(C)C)C(O)CCCCCCCCCCCCCCCCCCCCCCCCCCCCCC. The first-order chi connectivity index (χ1) is 41.5. The van der Waals surface area contributed by atoms with Crippen LogP contribution in [0.15, 0.2) is 85.1 Å². The lowest BCUT2D eigenvalue weighted by molar-refractivity contribution is -0.870. The van der Waals surface area contributed by atoms with E-state index in [0.717, 1.165) is 83.5 Å². The number of carbonyl (C=O) groups excluding carboxylic acids is 1. The summed E-state index contributed by atoms with van der Waals surface area (Å²) in [6.45, 7) is 4.81. The van der Waals surface area contributed by atoms with Crippen LogP contribution in [-0.2, 0) is 18.4 Å². The smallest absolute Gasteiger partial charge is 0.391 e. The van der Waals surface area contributed by atoms with Crippen molar-refractivity contribution in [2.24, 2.45) is 0 Å². The van der Waals surface area contributed by atoms with Crippen molar-refractivity contribution in [2.75, 3.05) is 40.9 Å². The molecule has 0 saturated heterocycles. The van der Waals surface area contributed by atoms with Gasteiger partial charge in [0.1, 0.15) is 13.2 Å².